The third kappa shape index (κ3) is 7.47. The number of para-hydroxylation sites is 1. The highest BCUT2D eigenvalue weighted by Crippen LogP contribution is 2.44. The third-order valence-corrected chi connectivity index (χ3v) is 11.4. The summed E-state index contributed by atoms with van der Waals surface area (Å²) in [6.45, 7) is 8.46. The Kier molecular flexibility index (Phi) is 9.91. The number of halogens is 1. The van der Waals surface area contributed by atoms with Crippen LogP contribution in [-0.2, 0) is 0 Å². The second kappa shape index (κ2) is 14.6. The van der Waals surface area contributed by atoms with Gasteiger partial charge in [0.15, 0.2) is 0 Å². The van der Waals surface area contributed by atoms with Crippen LogP contribution in [0.2, 0.25) is 5.02 Å². The Labute approximate surface area is 303 Å². The van der Waals surface area contributed by atoms with E-state index < -0.39 is 0 Å². The van der Waals surface area contributed by atoms with Crippen molar-refractivity contribution < 1.29 is 0 Å². The first-order valence-corrected chi connectivity index (χ1v) is 18.9. The molecule has 7 rings (SSSR count). The fourth-order valence-electron chi connectivity index (χ4n) is 5.94. The van der Waals surface area contributed by atoms with Crippen molar-refractivity contribution >= 4 is 56.6 Å². The van der Waals surface area contributed by atoms with Crippen LogP contribution in [0.25, 0.3) is 44.5 Å². The molecule has 5 heteroatoms. The Morgan fingerprint density at radius 1 is 0.429 bits per heavy atom. The molecule has 1 fully saturated rings. The van der Waals surface area contributed by atoms with Crippen LogP contribution in [0.5, 0.6) is 0 Å². The van der Waals surface area contributed by atoms with Crippen LogP contribution in [0.4, 0.5) is 11.4 Å². The first-order chi connectivity index (χ1) is 23.8. The van der Waals surface area contributed by atoms with Crippen molar-refractivity contribution in [3.05, 3.63) is 155 Å². The fourth-order valence-corrected chi connectivity index (χ4v) is 8.26. The van der Waals surface area contributed by atoms with Crippen molar-refractivity contribution in [2.45, 2.75) is 27.7 Å². The quantitative estimate of drug-likeness (QED) is 0.173. The Hall–Kier alpha value is -4.35. The van der Waals surface area contributed by atoms with Crippen molar-refractivity contribution in [2.24, 2.45) is 9.98 Å². The molecule has 0 atom stereocenters. The fraction of sp³-hybridized carbons (Fsp3) is 0.136. The van der Waals surface area contributed by atoms with E-state index in [0.717, 1.165) is 77.5 Å². The number of aryl methyl sites for hydroxylation is 4. The topological polar surface area (TPSA) is 24.7 Å². The van der Waals surface area contributed by atoms with E-state index >= 15 is 0 Å². The highest BCUT2D eigenvalue weighted by atomic mass is 35.5. The Balaban J connectivity index is 1.41. The van der Waals surface area contributed by atoms with E-state index in [1.807, 2.05) is 6.07 Å². The summed E-state index contributed by atoms with van der Waals surface area (Å²) in [6.07, 6.45) is 0. The summed E-state index contributed by atoms with van der Waals surface area (Å²) in [4.78, 5) is 10.9. The Morgan fingerprint density at radius 2 is 0.816 bits per heavy atom. The molecule has 242 valence electrons. The van der Waals surface area contributed by atoms with Crippen LogP contribution >= 0.6 is 35.1 Å². The zero-order valence-corrected chi connectivity index (χ0v) is 30.5. The number of hydrogen-bond acceptors (Lipinski definition) is 4. The minimum atomic E-state index is 0.622. The monoisotopic (exact) mass is 692 g/mol. The summed E-state index contributed by atoms with van der Waals surface area (Å²) in [5, 5.41) is 2.43. The van der Waals surface area contributed by atoms with Gasteiger partial charge in [-0.05, 0) is 67.6 Å². The highest BCUT2D eigenvalue weighted by molar-refractivity contribution is 8.27. The van der Waals surface area contributed by atoms with Gasteiger partial charge in [0.25, 0.3) is 0 Å². The van der Waals surface area contributed by atoms with Gasteiger partial charge in [-0.3, -0.25) is 0 Å². The van der Waals surface area contributed by atoms with E-state index in [1.54, 1.807) is 23.5 Å². The molecule has 0 unspecified atom stereocenters. The summed E-state index contributed by atoms with van der Waals surface area (Å²) in [6, 6.07) is 45.4. The average Bonchev–Trinajstić information content (AvgIpc) is 3.11. The van der Waals surface area contributed by atoms with Gasteiger partial charge in [0.1, 0.15) is 10.1 Å². The molecule has 0 bridgehead atoms. The van der Waals surface area contributed by atoms with Crippen molar-refractivity contribution in [2.75, 3.05) is 11.5 Å². The zero-order valence-electron chi connectivity index (χ0n) is 28.1. The van der Waals surface area contributed by atoms with Gasteiger partial charge < -0.3 is 0 Å². The second-order valence-corrected chi connectivity index (χ2v) is 15.1. The second-order valence-electron chi connectivity index (χ2n) is 12.6. The number of thioether (sulfide) groups is 2. The normalized spacial score (nSPS) is 14.8. The molecular formula is C44H37ClN2S2. The number of benzene rings is 6. The lowest BCUT2D eigenvalue weighted by molar-refractivity contribution is 1.44. The molecule has 1 aliphatic rings. The van der Waals surface area contributed by atoms with Crippen molar-refractivity contribution in [3.63, 3.8) is 0 Å². The van der Waals surface area contributed by atoms with Gasteiger partial charge in [-0.2, -0.15) is 0 Å². The first-order valence-electron chi connectivity index (χ1n) is 16.5. The third-order valence-electron chi connectivity index (χ3n) is 8.74. The molecule has 0 aliphatic carbocycles. The number of nitrogens with zero attached hydrogens (tertiary/aromatic N) is 2. The molecule has 2 nitrogen and oxygen atoms in total. The molecule has 1 aliphatic heterocycles. The summed E-state index contributed by atoms with van der Waals surface area (Å²) in [7, 11) is 0. The van der Waals surface area contributed by atoms with Gasteiger partial charge in [-0.25, -0.2) is 9.98 Å². The minimum Gasteiger partial charge on any atom is -0.238 e. The van der Waals surface area contributed by atoms with E-state index in [2.05, 4.69) is 149 Å². The molecule has 0 radical (unpaired) electrons. The Morgan fingerprint density at radius 3 is 1.27 bits per heavy atom. The molecule has 0 amide bonds. The Bertz CT molecular complexity index is 2120. The lowest BCUT2D eigenvalue weighted by Crippen LogP contribution is -2.14. The SMILES string of the molecule is Cc1ccc(-c2cc(Cl)c(N=C3SCCSC3=Nc3c(-c4ccc(C)cc4)cccc3-c3ccc(C)cc3)c(-c3ccc(C)cc3)c2)cc1. The maximum absolute atomic E-state index is 7.20. The molecule has 49 heavy (non-hydrogen) atoms. The van der Waals surface area contributed by atoms with Crippen molar-refractivity contribution in [1.29, 1.82) is 0 Å². The summed E-state index contributed by atoms with van der Waals surface area (Å²) >= 11 is 10.7. The van der Waals surface area contributed by atoms with E-state index in [1.165, 1.54) is 22.3 Å². The summed E-state index contributed by atoms with van der Waals surface area (Å²) in [5.41, 5.74) is 15.4. The number of hydrogen-bond donors (Lipinski definition) is 0. The lowest BCUT2D eigenvalue weighted by atomic mass is 9.95. The van der Waals surface area contributed by atoms with Gasteiger partial charge in [-0.15, -0.1) is 23.5 Å². The molecule has 0 saturated carbocycles. The van der Waals surface area contributed by atoms with Crippen LogP contribution < -0.4 is 0 Å². The number of rotatable bonds is 6. The summed E-state index contributed by atoms with van der Waals surface area (Å²) < 4.78 is 0. The maximum Gasteiger partial charge on any atom is 0.129 e. The van der Waals surface area contributed by atoms with Crippen LogP contribution in [0.1, 0.15) is 22.3 Å². The maximum atomic E-state index is 7.20. The van der Waals surface area contributed by atoms with Gasteiger partial charge in [0.2, 0.25) is 0 Å². The van der Waals surface area contributed by atoms with Crippen LogP contribution in [0.3, 0.4) is 0 Å². The molecule has 6 aromatic carbocycles. The minimum absolute atomic E-state index is 0.622. The highest BCUT2D eigenvalue weighted by Gasteiger charge is 2.22. The van der Waals surface area contributed by atoms with Crippen LogP contribution in [0.15, 0.2) is 137 Å². The van der Waals surface area contributed by atoms with Crippen molar-refractivity contribution in [3.8, 4) is 44.5 Å². The predicted molar refractivity (Wildman–Crippen MR) is 218 cm³/mol. The van der Waals surface area contributed by atoms with E-state index in [0.29, 0.717) is 5.02 Å². The predicted octanol–water partition coefficient (Wildman–Crippen LogP) is 13.5. The van der Waals surface area contributed by atoms with Gasteiger partial charge in [0.05, 0.1) is 16.4 Å². The van der Waals surface area contributed by atoms with Crippen LogP contribution in [-0.4, -0.2) is 21.6 Å². The molecule has 6 aromatic rings. The zero-order chi connectivity index (χ0) is 33.9. The molecule has 1 heterocycles. The molecule has 0 aromatic heterocycles. The van der Waals surface area contributed by atoms with E-state index in [-0.39, 0.29) is 0 Å². The standard InChI is InChI=1S/C44H37ClN2S2/c1-28-8-16-32(17-9-28)36-26-39(35-22-14-31(4)15-23-35)42(40(45)27-36)47-44-43(48-24-25-49-44)46-41-37(33-18-10-29(2)11-19-33)6-5-7-38(41)34-20-12-30(3)13-21-34/h5-23,26-27H,24-25H2,1-4H3. The number of aliphatic imine (C=N–C) groups is 2. The lowest BCUT2D eigenvalue weighted by Gasteiger charge is -2.19. The molecule has 0 spiro atoms. The van der Waals surface area contributed by atoms with Gasteiger partial charge in [0, 0.05) is 28.2 Å². The largest absolute Gasteiger partial charge is 0.238 e. The molecule has 1 saturated heterocycles. The van der Waals surface area contributed by atoms with Gasteiger partial charge >= 0.3 is 0 Å². The van der Waals surface area contributed by atoms with E-state index in [4.69, 9.17) is 21.6 Å². The molecule has 0 N–H and O–H groups in total. The average molecular weight is 693 g/mol. The van der Waals surface area contributed by atoms with Gasteiger partial charge in [-0.1, -0.05) is 149 Å². The molecular weight excluding hydrogens is 656 g/mol. The van der Waals surface area contributed by atoms with E-state index in [9.17, 15) is 0 Å². The van der Waals surface area contributed by atoms with Crippen LogP contribution in [0, 0.1) is 27.7 Å². The summed E-state index contributed by atoms with van der Waals surface area (Å²) in [5.74, 6) is 1.91. The smallest absolute Gasteiger partial charge is 0.129 e. The van der Waals surface area contributed by atoms with Crippen molar-refractivity contribution in [1.82, 2.24) is 0 Å². The first kappa shape index (κ1) is 33.2.